The molecule has 0 fully saturated rings. The number of benzene rings is 3. The first kappa shape index (κ1) is 22.0. The summed E-state index contributed by atoms with van der Waals surface area (Å²) >= 11 is 0. The fraction of sp³-hybridized carbons (Fsp3) is 0.250. The van der Waals surface area contributed by atoms with Crippen molar-refractivity contribution >= 4 is 15.7 Å². The number of nitrogens with one attached hydrogen (secondary N) is 2. The third-order valence-corrected chi connectivity index (χ3v) is 6.30. The maximum atomic E-state index is 12.6. The van der Waals surface area contributed by atoms with Gasteiger partial charge in [0, 0.05) is 18.8 Å². The Balaban J connectivity index is 1.28. The topological polar surface area (TPSA) is 85.9 Å². The van der Waals surface area contributed by atoms with Gasteiger partial charge in [-0.15, -0.1) is 0 Å². The minimum Gasteiger partial charge on any atom is -0.488 e. The Labute approximate surface area is 188 Å². The Bertz CT molecular complexity index is 1160. The molecule has 1 aliphatic rings. The third kappa shape index (κ3) is 5.52. The minimum absolute atomic E-state index is 0.237. The Morgan fingerprint density at radius 2 is 1.75 bits per heavy atom. The third-order valence-electron chi connectivity index (χ3n) is 4.91. The summed E-state index contributed by atoms with van der Waals surface area (Å²) in [6.45, 7) is 4.62. The highest BCUT2D eigenvalue weighted by Gasteiger charge is 2.16. The van der Waals surface area contributed by atoms with E-state index in [0.29, 0.717) is 55.8 Å². The molecule has 0 spiro atoms. The molecular weight excluding hydrogens is 428 g/mol. The molecule has 0 saturated heterocycles. The van der Waals surface area contributed by atoms with Crippen LogP contribution in [0.25, 0.3) is 0 Å². The molecule has 0 bridgehead atoms. The van der Waals surface area contributed by atoms with Crippen LogP contribution in [0.15, 0.2) is 71.6 Å². The first-order valence-corrected chi connectivity index (χ1v) is 11.9. The van der Waals surface area contributed by atoms with Crippen LogP contribution in [0.4, 0.5) is 5.69 Å². The zero-order chi connectivity index (χ0) is 22.4. The average molecular weight is 455 g/mol. The summed E-state index contributed by atoms with van der Waals surface area (Å²) in [5, 5.41) is 3.31. The Hall–Kier alpha value is -3.23. The molecule has 0 amide bonds. The van der Waals surface area contributed by atoms with Gasteiger partial charge in [-0.2, -0.15) is 0 Å². The van der Waals surface area contributed by atoms with Crippen molar-refractivity contribution in [2.24, 2.45) is 0 Å². The van der Waals surface area contributed by atoms with Crippen LogP contribution >= 0.6 is 0 Å². The smallest absolute Gasteiger partial charge is 0.261 e. The van der Waals surface area contributed by atoms with Crippen LogP contribution in [0.3, 0.4) is 0 Å². The predicted molar refractivity (Wildman–Crippen MR) is 123 cm³/mol. The molecule has 1 aliphatic heterocycles. The quantitative estimate of drug-likeness (QED) is 0.479. The number of anilines is 1. The molecule has 0 atom stereocenters. The number of hydrogen-bond donors (Lipinski definition) is 2. The summed E-state index contributed by atoms with van der Waals surface area (Å²) in [5.74, 6) is 2.01. The van der Waals surface area contributed by atoms with Gasteiger partial charge in [0.15, 0.2) is 11.5 Å². The SMILES string of the molecule is Cc1ccc(S(=O)(=O)Nc2cccc(CNCCOc3cccc4c3OCCO4)c2)cc1. The van der Waals surface area contributed by atoms with Crippen LogP contribution in [-0.2, 0) is 16.6 Å². The number of fused-ring (bicyclic) bond motifs is 1. The van der Waals surface area contributed by atoms with Gasteiger partial charge in [-0.3, -0.25) is 4.72 Å². The van der Waals surface area contributed by atoms with Crippen LogP contribution < -0.4 is 24.2 Å². The normalized spacial score (nSPS) is 12.9. The summed E-state index contributed by atoms with van der Waals surface area (Å²) < 4.78 is 44.9. The first-order chi connectivity index (χ1) is 15.5. The van der Waals surface area contributed by atoms with Crippen LogP contribution in [0.2, 0.25) is 0 Å². The van der Waals surface area contributed by atoms with Gasteiger partial charge < -0.3 is 19.5 Å². The maximum Gasteiger partial charge on any atom is 0.261 e. The molecule has 0 radical (unpaired) electrons. The molecule has 4 rings (SSSR count). The summed E-state index contributed by atoms with van der Waals surface area (Å²) in [6.07, 6.45) is 0. The molecule has 0 saturated carbocycles. The molecule has 2 N–H and O–H groups in total. The molecule has 8 heteroatoms. The predicted octanol–water partition coefficient (Wildman–Crippen LogP) is 3.74. The van der Waals surface area contributed by atoms with Gasteiger partial charge in [-0.05, 0) is 48.9 Å². The standard InChI is InChI=1S/C24H26N2O5S/c1-18-8-10-21(11-9-18)32(27,28)26-20-5-2-4-19(16-20)17-25-12-13-29-22-6-3-7-23-24(22)31-15-14-30-23/h2-11,16,25-26H,12-15,17H2,1H3. The van der Waals surface area contributed by atoms with Crippen LogP contribution in [0, 0.1) is 6.92 Å². The van der Waals surface area contributed by atoms with Crippen molar-refractivity contribution in [3.05, 3.63) is 77.9 Å². The molecule has 7 nitrogen and oxygen atoms in total. The molecule has 168 valence electrons. The van der Waals surface area contributed by atoms with Gasteiger partial charge in [-0.1, -0.05) is 35.9 Å². The van der Waals surface area contributed by atoms with Gasteiger partial charge in [0.25, 0.3) is 10.0 Å². The lowest BCUT2D eigenvalue weighted by Gasteiger charge is -2.20. The molecule has 1 heterocycles. The lowest BCUT2D eigenvalue weighted by molar-refractivity contribution is 0.162. The number of aryl methyl sites for hydroxylation is 1. The molecule has 3 aromatic carbocycles. The van der Waals surface area contributed by atoms with E-state index < -0.39 is 10.0 Å². The van der Waals surface area contributed by atoms with E-state index in [1.165, 1.54) is 0 Å². The largest absolute Gasteiger partial charge is 0.488 e. The van der Waals surface area contributed by atoms with Crippen molar-refractivity contribution in [1.29, 1.82) is 0 Å². The number of para-hydroxylation sites is 1. The van der Waals surface area contributed by atoms with Crippen molar-refractivity contribution in [1.82, 2.24) is 5.32 Å². The van der Waals surface area contributed by atoms with E-state index in [-0.39, 0.29) is 4.90 Å². The van der Waals surface area contributed by atoms with Crippen molar-refractivity contribution in [3.8, 4) is 17.2 Å². The zero-order valence-electron chi connectivity index (χ0n) is 17.8. The maximum absolute atomic E-state index is 12.6. The summed E-state index contributed by atoms with van der Waals surface area (Å²) in [4.78, 5) is 0.237. The van der Waals surface area contributed by atoms with E-state index >= 15 is 0 Å². The second-order valence-electron chi connectivity index (χ2n) is 7.42. The highest BCUT2D eigenvalue weighted by Crippen LogP contribution is 2.38. The molecule has 0 aliphatic carbocycles. The molecule has 0 aromatic heterocycles. The van der Waals surface area contributed by atoms with Crippen molar-refractivity contribution in [2.45, 2.75) is 18.4 Å². The Morgan fingerprint density at radius 3 is 2.59 bits per heavy atom. The second kappa shape index (κ2) is 9.93. The molecule has 32 heavy (non-hydrogen) atoms. The van der Waals surface area contributed by atoms with Gasteiger partial charge in [0.05, 0.1) is 4.90 Å². The number of rotatable bonds is 9. The van der Waals surface area contributed by atoms with E-state index in [9.17, 15) is 8.42 Å². The number of ether oxygens (including phenoxy) is 3. The van der Waals surface area contributed by atoms with Crippen molar-refractivity contribution in [2.75, 3.05) is 31.1 Å². The Kier molecular flexibility index (Phi) is 6.82. The van der Waals surface area contributed by atoms with Crippen molar-refractivity contribution < 1.29 is 22.6 Å². The molecule has 0 unspecified atom stereocenters. The van der Waals surface area contributed by atoms with E-state index in [1.54, 1.807) is 30.3 Å². The average Bonchev–Trinajstić information content (AvgIpc) is 2.79. The van der Waals surface area contributed by atoms with Gasteiger partial charge in [0.1, 0.15) is 19.8 Å². The summed E-state index contributed by atoms with van der Waals surface area (Å²) in [6, 6.07) is 19.7. The fourth-order valence-electron chi connectivity index (χ4n) is 3.30. The highest BCUT2D eigenvalue weighted by atomic mass is 32.2. The second-order valence-corrected chi connectivity index (χ2v) is 9.11. The van der Waals surface area contributed by atoms with Gasteiger partial charge >= 0.3 is 0 Å². The van der Waals surface area contributed by atoms with Crippen LogP contribution in [0.5, 0.6) is 17.2 Å². The highest BCUT2D eigenvalue weighted by molar-refractivity contribution is 7.92. The number of sulfonamides is 1. The van der Waals surface area contributed by atoms with E-state index in [2.05, 4.69) is 10.0 Å². The summed E-state index contributed by atoms with van der Waals surface area (Å²) in [5.41, 5.74) is 2.49. The van der Waals surface area contributed by atoms with Gasteiger partial charge in [-0.25, -0.2) is 8.42 Å². The van der Waals surface area contributed by atoms with Gasteiger partial charge in [0.2, 0.25) is 5.75 Å². The summed E-state index contributed by atoms with van der Waals surface area (Å²) in [7, 11) is -3.63. The fourth-order valence-corrected chi connectivity index (χ4v) is 4.35. The van der Waals surface area contributed by atoms with E-state index in [4.69, 9.17) is 14.2 Å². The van der Waals surface area contributed by atoms with E-state index in [1.807, 2.05) is 43.3 Å². The first-order valence-electron chi connectivity index (χ1n) is 10.4. The Morgan fingerprint density at radius 1 is 0.969 bits per heavy atom. The zero-order valence-corrected chi connectivity index (χ0v) is 18.7. The van der Waals surface area contributed by atoms with Crippen LogP contribution in [-0.4, -0.2) is 34.8 Å². The lowest BCUT2D eigenvalue weighted by Crippen LogP contribution is -2.21. The monoisotopic (exact) mass is 454 g/mol. The van der Waals surface area contributed by atoms with E-state index in [0.717, 1.165) is 11.1 Å². The molecule has 3 aromatic rings. The minimum atomic E-state index is -3.63. The molecular formula is C24H26N2O5S. The number of hydrogen-bond acceptors (Lipinski definition) is 6. The van der Waals surface area contributed by atoms with Crippen LogP contribution in [0.1, 0.15) is 11.1 Å². The van der Waals surface area contributed by atoms with Crippen molar-refractivity contribution in [3.63, 3.8) is 0 Å². The lowest BCUT2D eigenvalue weighted by atomic mass is 10.2.